The van der Waals surface area contributed by atoms with Gasteiger partial charge in [0.25, 0.3) is 11.8 Å². The van der Waals surface area contributed by atoms with Gasteiger partial charge >= 0.3 is 0 Å². The van der Waals surface area contributed by atoms with Gasteiger partial charge in [-0.15, -0.1) is 0 Å². The summed E-state index contributed by atoms with van der Waals surface area (Å²) in [6.07, 6.45) is 1.42. The predicted molar refractivity (Wildman–Crippen MR) is 89.8 cm³/mol. The standard InChI is InChI=1S/C18H22N2O4/c1-11(2)14-6-5-12(3)9-16(14)24-10-17(21)19-20-18(22)15-7-8-23-13(15)4/h5-9,11H,10H2,1-4H3,(H,19,21)(H,20,22). The highest BCUT2D eigenvalue weighted by atomic mass is 16.5. The average molecular weight is 330 g/mol. The molecule has 0 atom stereocenters. The van der Waals surface area contributed by atoms with Crippen LogP contribution in [-0.2, 0) is 4.79 Å². The van der Waals surface area contributed by atoms with Gasteiger partial charge in [0.15, 0.2) is 6.61 Å². The second-order valence-corrected chi connectivity index (χ2v) is 5.88. The van der Waals surface area contributed by atoms with Crippen LogP contribution in [0.5, 0.6) is 5.75 Å². The highest BCUT2D eigenvalue weighted by Gasteiger charge is 2.13. The van der Waals surface area contributed by atoms with E-state index in [4.69, 9.17) is 9.15 Å². The first-order valence-electron chi connectivity index (χ1n) is 7.75. The van der Waals surface area contributed by atoms with E-state index in [2.05, 4.69) is 24.7 Å². The fraction of sp³-hybridized carbons (Fsp3) is 0.333. The van der Waals surface area contributed by atoms with E-state index in [0.29, 0.717) is 17.1 Å². The molecule has 6 heteroatoms. The molecule has 0 radical (unpaired) electrons. The lowest BCUT2D eigenvalue weighted by Crippen LogP contribution is -2.43. The number of ether oxygens (including phenoxy) is 1. The predicted octanol–water partition coefficient (Wildman–Crippen LogP) is 2.86. The van der Waals surface area contributed by atoms with E-state index in [0.717, 1.165) is 11.1 Å². The van der Waals surface area contributed by atoms with Gasteiger partial charge in [-0.05, 0) is 43.0 Å². The summed E-state index contributed by atoms with van der Waals surface area (Å²) >= 11 is 0. The minimum atomic E-state index is -0.444. The molecule has 0 aliphatic rings. The number of carbonyl (C=O) groups excluding carboxylic acids is 2. The van der Waals surface area contributed by atoms with Crippen LogP contribution in [-0.4, -0.2) is 18.4 Å². The summed E-state index contributed by atoms with van der Waals surface area (Å²) in [6, 6.07) is 7.44. The smallest absolute Gasteiger partial charge is 0.276 e. The van der Waals surface area contributed by atoms with Gasteiger partial charge in [0.05, 0.1) is 11.8 Å². The van der Waals surface area contributed by atoms with Crippen LogP contribution in [0.3, 0.4) is 0 Å². The van der Waals surface area contributed by atoms with Crippen molar-refractivity contribution in [1.29, 1.82) is 0 Å². The van der Waals surface area contributed by atoms with E-state index >= 15 is 0 Å². The van der Waals surface area contributed by atoms with Crippen molar-refractivity contribution in [2.75, 3.05) is 6.61 Å². The van der Waals surface area contributed by atoms with Gasteiger partial charge in [-0.1, -0.05) is 26.0 Å². The highest BCUT2D eigenvalue weighted by molar-refractivity contribution is 5.96. The number of hydrogen-bond acceptors (Lipinski definition) is 4. The van der Waals surface area contributed by atoms with Gasteiger partial charge in [-0.25, -0.2) is 0 Å². The van der Waals surface area contributed by atoms with Gasteiger partial charge in [0.2, 0.25) is 0 Å². The molecule has 0 saturated heterocycles. The molecule has 2 amide bonds. The van der Waals surface area contributed by atoms with Crippen molar-refractivity contribution in [3.05, 3.63) is 53.0 Å². The van der Waals surface area contributed by atoms with Crippen LogP contribution >= 0.6 is 0 Å². The van der Waals surface area contributed by atoms with Crippen LogP contribution in [0.4, 0.5) is 0 Å². The number of hydrogen-bond donors (Lipinski definition) is 2. The van der Waals surface area contributed by atoms with E-state index < -0.39 is 11.8 Å². The third-order valence-corrected chi connectivity index (χ3v) is 3.57. The van der Waals surface area contributed by atoms with Crippen molar-refractivity contribution in [2.45, 2.75) is 33.6 Å². The van der Waals surface area contributed by atoms with Crippen LogP contribution < -0.4 is 15.6 Å². The number of rotatable bonds is 5. The molecule has 0 bridgehead atoms. The summed E-state index contributed by atoms with van der Waals surface area (Å²) in [6.45, 7) is 7.57. The maximum Gasteiger partial charge on any atom is 0.276 e. The Kier molecular flexibility index (Phi) is 5.63. The maximum atomic E-state index is 11.9. The first-order chi connectivity index (χ1) is 11.4. The summed E-state index contributed by atoms with van der Waals surface area (Å²) in [5, 5.41) is 0. The van der Waals surface area contributed by atoms with E-state index in [1.807, 2.05) is 25.1 Å². The summed E-state index contributed by atoms with van der Waals surface area (Å²) in [5.74, 6) is 0.567. The number of nitrogens with one attached hydrogen (secondary N) is 2. The summed E-state index contributed by atoms with van der Waals surface area (Å²) in [7, 11) is 0. The number of carbonyl (C=O) groups is 2. The van der Waals surface area contributed by atoms with E-state index in [-0.39, 0.29) is 12.5 Å². The summed E-state index contributed by atoms with van der Waals surface area (Å²) in [4.78, 5) is 23.7. The van der Waals surface area contributed by atoms with Crippen LogP contribution in [0.2, 0.25) is 0 Å². The Bertz CT molecular complexity index is 734. The zero-order chi connectivity index (χ0) is 17.7. The molecule has 0 aliphatic heterocycles. The third kappa shape index (κ3) is 4.38. The van der Waals surface area contributed by atoms with Crippen molar-refractivity contribution in [3.8, 4) is 5.75 Å². The Hall–Kier alpha value is -2.76. The van der Waals surface area contributed by atoms with Crippen molar-refractivity contribution in [3.63, 3.8) is 0 Å². The molecule has 0 spiro atoms. The summed E-state index contributed by atoms with van der Waals surface area (Å²) in [5.41, 5.74) is 7.12. The fourth-order valence-corrected chi connectivity index (χ4v) is 2.24. The van der Waals surface area contributed by atoms with Gasteiger partial charge in [-0.3, -0.25) is 20.4 Å². The van der Waals surface area contributed by atoms with E-state index in [9.17, 15) is 9.59 Å². The van der Waals surface area contributed by atoms with Crippen molar-refractivity contribution >= 4 is 11.8 Å². The molecule has 1 aromatic carbocycles. The SMILES string of the molecule is Cc1ccc(C(C)C)c(OCC(=O)NNC(=O)c2ccoc2C)c1. The monoisotopic (exact) mass is 330 g/mol. The van der Waals surface area contributed by atoms with Crippen LogP contribution in [0, 0.1) is 13.8 Å². The first-order valence-corrected chi connectivity index (χ1v) is 7.75. The van der Waals surface area contributed by atoms with Crippen molar-refractivity contribution in [1.82, 2.24) is 10.9 Å². The number of furan rings is 1. The molecule has 6 nitrogen and oxygen atoms in total. The quantitative estimate of drug-likeness (QED) is 0.826. The van der Waals surface area contributed by atoms with Crippen LogP contribution in [0.15, 0.2) is 34.9 Å². The molecular weight excluding hydrogens is 308 g/mol. The largest absolute Gasteiger partial charge is 0.483 e. The highest BCUT2D eigenvalue weighted by Crippen LogP contribution is 2.27. The lowest BCUT2D eigenvalue weighted by molar-refractivity contribution is -0.123. The molecule has 0 fully saturated rings. The van der Waals surface area contributed by atoms with Crippen LogP contribution in [0.25, 0.3) is 0 Å². The van der Waals surface area contributed by atoms with E-state index in [1.165, 1.54) is 12.3 Å². The topological polar surface area (TPSA) is 80.6 Å². The third-order valence-electron chi connectivity index (χ3n) is 3.57. The zero-order valence-corrected chi connectivity index (χ0v) is 14.3. The molecule has 128 valence electrons. The second-order valence-electron chi connectivity index (χ2n) is 5.88. The second kappa shape index (κ2) is 7.68. The molecule has 1 heterocycles. The molecule has 0 saturated carbocycles. The van der Waals surface area contributed by atoms with Gasteiger partial charge in [-0.2, -0.15) is 0 Å². The normalized spacial score (nSPS) is 10.5. The lowest BCUT2D eigenvalue weighted by atomic mass is 10.0. The van der Waals surface area contributed by atoms with Crippen molar-refractivity contribution < 1.29 is 18.7 Å². The molecule has 2 rings (SSSR count). The van der Waals surface area contributed by atoms with Gasteiger partial charge < -0.3 is 9.15 Å². The Morgan fingerprint density at radius 2 is 1.92 bits per heavy atom. The lowest BCUT2D eigenvalue weighted by Gasteiger charge is -2.15. The van der Waals surface area contributed by atoms with E-state index in [1.54, 1.807) is 6.92 Å². The number of aryl methyl sites for hydroxylation is 2. The minimum Gasteiger partial charge on any atom is -0.483 e. The summed E-state index contributed by atoms with van der Waals surface area (Å²) < 4.78 is 10.7. The molecule has 0 aliphatic carbocycles. The number of benzene rings is 1. The Morgan fingerprint density at radius 1 is 1.17 bits per heavy atom. The minimum absolute atomic E-state index is 0.187. The average Bonchev–Trinajstić information content (AvgIpc) is 2.96. The molecule has 1 aromatic heterocycles. The fourth-order valence-electron chi connectivity index (χ4n) is 2.24. The Morgan fingerprint density at radius 3 is 2.54 bits per heavy atom. The zero-order valence-electron chi connectivity index (χ0n) is 14.3. The van der Waals surface area contributed by atoms with Gasteiger partial charge in [0.1, 0.15) is 11.5 Å². The van der Waals surface area contributed by atoms with Crippen molar-refractivity contribution in [2.24, 2.45) is 0 Å². The molecule has 24 heavy (non-hydrogen) atoms. The Balaban J connectivity index is 1.89. The first kappa shape index (κ1) is 17.6. The molecule has 2 aromatic rings. The Labute approximate surface area is 141 Å². The number of hydrazine groups is 1. The van der Waals surface area contributed by atoms with Gasteiger partial charge in [0, 0.05) is 0 Å². The number of amides is 2. The maximum absolute atomic E-state index is 11.9. The molecule has 0 unspecified atom stereocenters. The van der Waals surface area contributed by atoms with Crippen LogP contribution in [0.1, 0.15) is 47.0 Å². The molecular formula is C18H22N2O4. The molecule has 2 N–H and O–H groups in total.